The lowest BCUT2D eigenvalue weighted by Gasteiger charge is -2.41. The average molecular weight is 650 g/mol. The smallest absolute Gasteiger partial charge is 0.333 e. The first-order chi connectivity index (χ1) is 21.7. The molecule has 10 nitrogen and oxygen atoms in total. The summed E-state index contributed by atoms with van der Waals surface area (Å²) in [6.07, 6.45) is 1.46. The predicted octanol–water partition coefficient (Wildman–Crippen LogP) is 5.81. The van der Waals surface area contributed by atoms with Crippen LogP contribution in [0.1, 0.15) is 74.7 Å². The van der Waals surface area contributed by atoms with Gasteiger partial charge in [-0.2, -0.15) is 0 Å². The largest absolute Gasteiger partial charge is 0.515 e. The highest BCUT2D eigenvalue weighted by atomic mass is 28.4. The van der Waals surface area contributed by atoms with Crippen LogP contribution in [0.25, 0.3) is 5.57 Å². The zero-order valence-electron chi connectivity index (χ0n) is 27.9. The molecule has 11 heteroatoms. The standard InChI is InChI=1S/C35H43NO9Si/c1-10-44-33(40)29-28(35(29,34(41)43-9)36-30(37)25-13-11-12-14-26(25)31(36)38)19-27(23-15-17-24(42-8)18-16-23)32(39)45-46(20(2)3,21(4)5)22(6)7/h11-22,28-29H,10H2,1-9H3/b27-19-/t28-,29+,35+/m0/s1. The van der Waals surface area contributed by atoms with E-state index in [0.29, 0.717) is 11.3 Å². The summed E-state index contributed by atoms with van der Waals surface area (Å²) < 4.78 is 22.4. The van der Waals surface area contributed by atoms with Crippen LogP contribution in [0.15, 0.2) is 54.6 Å². The molecule has 2 amide bonds. The molecule has 246 valence electrons. The quantitative estimate of drug-likeness (QED) is 0.121. The molecule has 46 heavy (non-hydrogen) atoms. The van der Waals surface area contributed by atoms with Crippen LogP contribution in [-0.4, -0.2) is 69.3 Å². The highest BCUT2D eigenvalue weighted by Crippen LogP contribution is 2.60. The number of imide groups is 1. The van der Waals surface area contributed by atoms with Gasteiger partial charge in [-0.25, -0.2) is 9.59 Å². The summed E-state index contributed by atoms with van der Waals surface area (Å²) in [5, 5.41) is 0. The predicted molar refractivity (Wildman–Crippen MR) is 173 cm³/mol. The second-order valence-electron chi connectivity index (χ2n) is 12.6. The van der Waals surface area contributed by atoms with E-state index in [1.165, 1.54) is 25.3 Å². The minimum atomic E-state index is -2.76. The number of carbonyl (C=O) groups excluding carboxylic acids is 5. The lowest BCUT2D eigenvalue weighted by Crippen LogP contribution is -2.51. The molecule has 4 rings (SSSR count). The Labute approximate surface area is 271 Å². The van der Waals surface area contributed by atoms with Crippen molar-refractivity contribution in [1.82, 2.24) is 4.90 Å². The molecule has 1 aliphatic carbocycles. The monoisotopic (exact) mass is 649 g/mol. The summed E-state index contributed by atoms with van der Waals surface area (Å²) >= 11 is 0. The van der Waals surface area contributed by atoms with E-state index in [1.807, 2.05) is 0 Å². The highest BCUT2D eigenvalue weighted by molar-refractivity contribution is 6.79. The molecule has 2 aromatic rings. The molecule has 0 aromatic heterocycles. The van der Waals surface area contributed by atoms with Gasteiger partial charge in [-0.1, -0.05) is 71.9 Å². The fraction of sp³-hybridized carbons (Fsp3) is 0.457. The maximum absolute atomic E-state index is 14.4. The molecular formula is C35H43NO9Si. The zero-order valence-corrected chi connectivity index (χ0v) is 28.9. The SMILES string of the molecule is CCOC(=O)[C@H]1[C@H](/C=C(\C(=O)O[Si](C(C)C)(C(C)C)C(C)C)c2ccc(OC)cc2)[C@@]1(C(=O)OC)N1C(=O)c2ccccc2C1=O. The summed E-state index contributed by atoms with van der Waals surface area (Å²) in [7, 11) is -0.114. The van der Waals surface area contributed by atoms with Crippen molar-refractivity contribution < 1.29 is 42.6 Å². The van der Waals surface area contributed by atoms with E-state index in [4.69, 9.17) is 18.6 Å². The molecule has 0 radical (unpaired) electrons. The van der Waals surface area contributed by atoms with Crippen molar-refractivity contribution >= 4 is 43.6 Å². The number of benzene rings is 2. The number of nitrogens with zero attached hydrogens (tertiary/aromatic N) is 1. The number of hydrogen-bond donors (Lipinski definition) is 0. The van der Waals surface area contributed by atoms with Crippen LogP contribution in [0.3, 0.4) is 0 Å². The van der Waals surface area contributed by atoms with Crippen LogP contribution in [0.2, 0.25) is 16.6 Å². The normalized spacial score (nSPS) is 21.0. The number of ether oxygens (including phenoxy) is 3. The van der Waals surface area contributed by atoms with Crippen LogP contribution < -0.4 is 4.74 Å². The fourth-order valence-electron chi connectivity index (χ4n) is 7.32. The zero-order chi connectivity index (χ0) is 34.1. The number of amides is 2. The van der Waals surface area contributed by atoms with Gasteiger partial charge in [0.1, 0.15) is 11.7 Å². The summed E-state index contributed by atoms with van der Waals surface area (Å²) in [4.78, 5) is 70.1. The molecule has 3 atom stereocenters. The number of fused-ring (bicyclic) bond motifs is 1. The third-order valence-electron chi connectivity index (χ3n) is 9.39. The van der Waals surface area contributed by atoms with Gasteiger partial charge in [0.25, 0.3) is 20.1 Å². The van der Waals surface area contributed by atoms with Crippen molar-refractivity contribution in [3.05, 3.63) is 71.3 Å². The minimum Gasteiger partial charge on any atom is -0.515 e. The van der Waals surface area contributed by atoms with Crippen LogP contribution in [0.4, 0.5) is 0 Å². The van der Waals surface area contributed by atoms with Gasteiger partial charge in [0.05, 0.1) is 37.5 Å². The van der Waals surface area contributed by atoms with E-state index in [-0.39, 0.29) is 39.9 Å². The summed E-state index contributed by atoms with van der Waals surface area (Å²) in [6.45, 7) is 13.9. The van der Waals surface area contributed by atoms with Gasteiger partial charge < -0.3 is 18.6 Å². The topological polar surface area (TPSA) is 126 Å². The maximum Gasteiger partial charge on any atom is 0.333 e. The molecular weight excluding hydrogens is 606 g/mol. The molecule has 0 unspecified atom stereocenters. The molecule has 0 spiro atoms. The third kappa shape index (κ3) is 5.44. The number of methoxy groups -OCH3 is 2. The van der Waals surface area contributed by atoms with Crippen molar-refractivity contribution in [2.75, 3.05) is 20.8 Å². The summed E-state index contributed by atoms with van der Waals surface area (Å²) in [5.41, 5.74) is -1.12. The first kappa shape index (κ1) is 34.6. The van der Waals surface area contributed by atoms with Gasteiger partial charge >= 0.3 is 17.9 Å². The van der Waals surface area contributed by atoms with E-state index in [9.17, 15) is 24.0 Å². The second kappa shape index (κ2) is 13.2. The van der Waals surface area contributed by atoms with Crippen molar-refractivity contribution in [3.8, 4) is 5.75 Å². The van der Waals surface area contributed by atoms with Crippen LogP contribution >= 0.6 is 0 Å². The Morgan fingerprint density at radius 1 is 0.870 bits per heavy atom. The molecule has 0 bridgehead atoms. The van der Waals surface area contributed by atoms with Gasteiger partial charge in [-0.3, -0.25) is 19.3 Å². The van der Waals surface area contributed by atoms with Gasteiger partial charge in [0.2, 0.25) is 0 Å². The first-order valence-corrected chi connectivity index (χ1v) is 17.7. The van der Waals surface area contributed by atoms with Gasteiger partial charge in [0, 0.05) is 5.92 Å². The van der Waals surface area contributed by atoms with Gasteiger partial charge in [-0.05, 0) is 53.4 Å². The van der Waals surface area contributed by atoms with E-state index in [2.05, 4.69) is 41.5 Å². The Balaban J connectivity index is 1.95. The van der Waals surface area contributed by atoms with Crippen LogP contribution in [0.5, 0.6) is 5.75 Å². The van der Waals surface area contributed by atoms with Crippen molar-refractivity contribution in [1.29, 1.82) is 0 Å². The molecule has 1 fully saturated rings. The maximum atomic E-state index is 14.4. The molecule has 2 aromatic carbocycles. The fourth-order valence-corrected chi connectivity index (χ4v) is 12.5. The molecule has 0 N–H and O–H groups in total. The van der Waals surface area contributed by atoms with E-state index in [1.54, 1.807) is 43.3 Å². The van der Waals surface area contributed by atoms with Crippen LogP contribution in [-0.2, 0) is 28.3 Å². The third-order valence-corrected chi connectivity index (χ3v) is 15.3. The first-order valence-electron chi connectivity index (χ1n) is 15.6. The molecule has 1 heterocycles. The lowest BCUT2D eigenvalue weighted by atomic mass is 10.0. The van der Waals surface area contributed by atoms with Gasteiger partial charge in [-0.15, -0.1) is 0 Å². The summed E-state index contributed by atoms with van der Waals surface area (Å²) in [6, 6.07) is 12.9. The number of carbonyl (C=O) groups is 5. The molecule has 2 aliphatic rings. The van der Waals surface area contributed by atoms with Crippen molar-refractivity contribution in [2.24, 2.45) is 11.8 Å². The Morgan fingerprint density at radius 2 is 1.39 bits per heavy atom. The molecule has 0 saturated heterocycles. The number of esters is 2. The average Bonchev–Trinajstić information content (AvgIpc) is 3.61. The van der Waals surface area contributed by atoms with Gasteiger partial charge in [0.15, 0.2) is 5.54 Å². The Kier molecular flexibility index (Phi) is 9.96. The van der Waals surface area contributed by atoms with Crippen molar-refractivity contribution in [3.63, 3.8) is 0 Å². The minimum absolute atomic E-state index is 0.0101. The van der Waals surface area contributed by atoms with Crippen molar-refractivity contribution in [2.45, 2.75) is 70.6 Å². The second-order valence-corrected chi connectivity index (χ2v) is 18.0. The Hall–Kier alpha value is -4.25. The highest BCUT2D eigenvalue weighted by Gasteiger charge is 2.80. The lowest BCUT2D eigenvalue weighted by molar-refractivity contribution is -0.153. The number of rotatable bonds is 12. The van der Waals surface area contributed by atoms with Crippen LogP contribution in [0, 0.1) is 11.8 Å². The summed E-state index contributed by atoms with van der Waals surface area (Å²) in [5.74, 6) is -5.81. The number of hydrogen-bond acceptors (Lipinski definition) is 9. The van der Waals surface area contributed by atoms with E-state index in [0.717, 1.165) is 12.0 Å². The van der Waals surface area contributed by atoms with E-state index >= 15 is 0 Å². The Bertz CT molecular complexity index is 1510. The molecule has 1 aliphatic heterocycles. The van der Waals surface area contributed by atoms with E-state index < -0.39 is 55.4 Å². The Morgan fingerprint density at radius 3 is 1.83 bits per heavy atom. The molecule has 1 saturated carbocycles.